The first kappa shape index (κ1) is 18.6. The van der Waals surface area contributed by atoms with Crippen molar-refractivity contribution in [2.45, 2.75) is 44.6 Å². The van der Waals surface area contributed by atoms with E-state index in [1.807, 2.05) is 35.2 Å². The zero-order chi connectivity index (χ0) is 20.0. The number of imide groups is 1. The van der Waals surface area contributed by atoms with Crippen LogP contribution in [-0.2, 0) is 14.4 Å². The summed E-state index contributed by atoms with van der Waals surface area (Å²) >= 11 is 0. The molecule has 0 N–H and O–H groups in total. The Morgan fingerprint density at radius 3 is 2.03 bits per heavy atom. The molecule has 0 spiro atoms. The van der Waals surface area contributed by atoms with Crippen molar-refractivity contribution < 1.29 is 14.4 Å². The number of likely N-dealkylation sites (tertiary alicyclic amines) is 2. The van der Waals surface area contributed by atoms with E-state index in [1.165, 1.54) is 4.90 Å². The van der Waals surface area contributed by atoms with E-state index in [9.17, 15) is 14.4 Å². The largest absolute Gasteiger partial charge is 0.343 e. The average molecular weight is 392 g/mol. The number of benzene rings is 1. The van der Waals surface area contributed by atoms with E-state index >= 15 is 0 Å². The molecule has 0 aromatic heterocycles. The molecule has 1 saturated carbocycles. The molecule has 3 aliphatic carbocycles. The minimum Gasteiger partial charge on any atom is -0.343 e. The van der Waals surface area contributed by atoms with Crippen LogP contribution in [0.5, 0.6) is 0 Å². The third kappa shape index (κ3) is 3.11. The summed E-state index contributed by atoms with van der Waals surface area (Å²) < 4.78 is 0. The summed E-state index contributed by atoms with van der Waals surface area (Å²) in [6.07, 6.45) is 9.65. The van der Waals surface area contributed by atoms with Crippen molar-refractivity contribution in [1.82, 2.24) is 9.80 Å². The maximum Gasteiger partial charge on any atom is 0.234 e. The minimum absolute atomic E-state index is 0.0510. The standard InChI is InChI=1S/C24H28N2O3/c27-20(25-13-5-2-6-14-25)15-19(16-7-3-1-4-8-16)26-23(28)21-17-9-10-18(12-11-17)22(21)24(26)29/h1,3-4,7-10,17-19,21-22H,2,5-6,11-15H2/t17-,18-,19+,21-,22-/m0/s1. The number of allylic oxidation sites excluding steroid dienone is 2. The Kier molecular flexibility index (Phi) is 4.76. The first-order valence-corrected chi connectivity index (χ1v) is 11.0. The van der Waals surface area contributed by atoms with Gasteiger partial charge < -0.3 is 4.90 Å². The molecule has 3 fully saturated rings. The van der Waals surface area contributed by atoms with Crippen molar-refractivity contribution in [3.05, 3.63) is 48.0 Å². The Balaban J connectivity index is 1.46. The maximum atomic E-state index is 13.5. The molecule has 2 saturated heterocycles. The number of rotatable bonds is 4. The number of hydrogen-bond donors (Lipinski definition) is 0. The molecule has 5 aliphatic rings. The number of amides is 3. The highest BCUT2D eigenvalue weighted by Gasteiger charge is 2.58. The zero-order valence-electron chi connectivity index (χ0n) is 16.7. The normalized spacial score (nSPS) is 31.9. The number of nitrogens with zero attached hydrogens (tertiary/aromatic N) is 2. The summed E-state index contributed by atoms with van der Waals surface area (Å²) in [6, 6.07) is 9.11. The summed E-state index contributed by atoms with van der Waals surface area (Å²) in [5.41, 5.74) is 0.874. The Labute approximate surface area is 171 Å². The summed E-state index contributed by atoms with van der Waals surface area (Å²) in [7, 11) is 0. The molecule has 5 heteroatoms. The molecule has 3 amide bonds. The summed E-state index contributed by atoms with van der Waals surface area (Å²) in [5.74, 6) is -0.222. The van der Waals surface area contributed by atoms with Gasteiger partial charge in [0.1, 0.15) is 0 Å². The van der Waals surface area contributed by atoms with Gasteiger partial charge in [0.25, 0.3) is 0 Å². The first-order chi connectivity index (χ1) is 14.1. The summed E-state index contributed by atoms with van der Waals surface area (Å²) in [4.78, 5) is 43.4. The highest BCUT2D eigenvalue weighted by molar-refractivity contribution is 6.06. The first-order valence-electron chi connectivity index (χ1n) is 11.0. The van der Waals surface area contributed by atoms with E-state index in [4.69, 9.17) is 0 Å². The molecule has 29 heavy (non-hydrogen) atoms. The van der Waals surface area contributed by atoms with Gasteiger partial charge in [0, 0.05) is 13.1 Å². The van der Waals surface area contributed by atoms with Crippen molar-refractivity contribution in [3.63, 3.8) is 0 Å². The number of hydrogen-bond acceptors (Lipinski definition) is 3. The van der Waals surface area contributed by atoms with Gasteiger partial charge in [-0.25, -0.2) is 0 Å². The van der Waals surface area contributed by atoms with Crippen LogP contribution in [0.2, 0.25) is 0 Å². The third-order valence-corrected chi connectivity index (χ3v) is 7.37. The van der Waals surface area contributed by atoms with Gasteiger partial charge >= 0.3 is 0 Å². The smallest absolute Gasteiger partial charge is 0.234 e. The number of piperidine rings is 1. The Hall–Kier alpha value is -2.43. The maximum absolute atomic E-state index is 13.5. The lowest BCUT2D eigenvalue weighted by Gasteiger charge is -2.38. The van der Waals surface area contributed by atoms with Crippen LogP contribution in [0.4, 0.5) is 0 Å². The molecule has 1 aromatic carbocycles. The van der Waals surface area contributed by atoms with Crippen molar-refractivity contribution in [3.8, 4) is 0 Å². The van der Waals surface area contributed by atoms with Crippen LogP contribution in [0, 0.1) is 23.7 Å². The Morgan fingerprint density at radius 2 is 1.48 bits per heavy atom. The second-order valence-electron chi connectivity index (χ2n) is 8.96. The molecule has 1 aromatic rings. The predicted molar refractivity (Wildman–Crippen MR) is 108 cm³/mol. The van der Waals surface area contributed by atoms with Gasteiger partial charge in [0.05, 0.1) is 24.3 Å². The monoisotopic (exact) mass is 392 g/mol. The lowest BCUT2D eigenvalue weighted by atomic mass is 9.63. The number of carbonyl (C=O) groups excluding carboxylic acids is 3. The average Bonchev–Trinajstić information content (AvgIpc) is 3.06. The van der Waals surface area contributed by atoms with Crippen molar-refractivity contribution in [2.75, 3.05) is 13.1 Å². The van der Waals surface area contributed by atoms with E-state index in [0.717, 1.165) is 50.8 Å². The second kappa shape index (κ2) is 7.43. The third-order valence-electron chi connectivity index (χ3n) is 7.37. The fourth-order valence-corrected chi connectivity index (χ4v) is 5.88. The molecular weight excluding hydrogens is 364 g/mol. The highest BCUT2D eigenvalue weighted by atomic mass is 16.2. The quantitative estimate of drug-likeness (QED) is 0.583. The molecule has 6 rings (SSSR count). The van der Waals surface area contributed by atoms with Crippen molar-refractivity contribution in [1.29, 1.82) is 0 Å². The van der Waals surface area contributed by atoms with Gasteiger partial charge in [0.2, 0.25) is 17.7 Å². The van der Waals surface area contributed by atoms with E-state index in [0.29, 0.717) is 0 Å². The molecule has 5 atom stereocenters. The topological polar surface area (TPSA) is 57.7 Å². The minimum atomic E-state index is -0.504. The van der Waals surface area contributed by atoms with Crippen LogP contribution in [-0.4, -0.2) is 40.6 Å². The Bertz CT molecular complexity index is 811. The van der Waals surface area contributed by atoms with Gasteiger partial charge in [-0.05, 0) is 49.5 Å². The fourth-order valence-electron chi connectivity index (χ4n) is 5.88. The highest BCUT2D eigenvalue weighted by Crippen LogP contribution is 2.51. The lowest BCUT2D eigenvalue weighted by molar-refractivity contribution is -0.144. The molecule has 5 nitrogen and oxygen atoms in total. The predicted octanol–water partition coefficient (Wildman–Crippen LogP) is 3.33. The molecule has 2 heterocycles. The van der Waals surface area contributed by atoms with Crippen molar-refractivity contribution >= 4 is 17.7 Å². The summed E-state index contributed by atoms with van der Waals surface area (Å²) in [6.45, 7) is 1.56. The number of carbonyl (C=O) groups is 3. The molecule has 2 bridgehead atoms. The van der Waals surface area contributed by atoms with Crippen LogP contribution in [0.3, 0.4) is 0 Å². The fraction of sp³-hybridized carbons (Fsp3) is 0.542. The molecule has 0 unspecified atom stereocenters. The van der Waals surface area contributed by atoms with Gasteiger partial charge in [-0.15, -0.1) is 0 Å². The van der Waals surface area contributed by atoms with Gasteiger partial charge in [-0.1, -0.05) is 42.5 Å². The molecular formula is C24H28N2O3. The molecule has 152 valence electrons. The van der Waals surface area contributed by atoms with Gasteiger partial charge in [0.15, 0.2) is 0 Å². The van der Waals surface area contributed by atoms with E-state index in [1.54, 1.807) is 0 Å². The van der Waals surface area contributed by atoms with Gasteiger partial charge in [-0.2, -0.15) is 0 Å². The van der Waals surface area contributed by atoms with Crippen LogP contribution in [0.15, 0.2) is 42.5 Å². The second-order valence-corrected chi connectivity index (χ2v) is 8.96. The van der Waals surface area contributed by atoms with Crippen LogP contribution < -0.4 is 0 Å². The van der Waals surface area contributed by atoms with Crippen LogP contribution in [0.1, 0.15) is 50.1 Å². The number of fused-ring (bicyclic) bond motifs is 1. The van der Waals surface area contributed by atoms with E-state index in [2.05, 4.69) is 12.2 Å². The summed E-state index contributed by atoms with van der Waals surface area (Å²) in [5, 5.41) is 0. The molecule has 2 aliphatic heterocycles. The Morgan fingerprint density at radius 1 is 0.897 bits per heavy atom. The SMILES string of the molecule is O=C(C[C@H](c1ccccc1)N1C(=O)[C@@H]2[C@@H](C1=O)[C@H]1C=C[C@H]2CC1)N1CCCCC1. The molecule has 0 radical (unpaired) electrons. The van der Waals surface area contributed by atoms with Crippen LogP contribution >= 0.6 is 0 Å². The zero-order valence-corrected chi connectivity index (χ0v) is 16.7. The van der Waals surface area contributed by atoms with E-state index in [-0.39, 0.29) is 47.8 Å². The van der Waals surface area contributed by atoms with Crippen LogP contribution in [0.25, 0.3) is 0 Å². The van der Waals surface area contributed by atoms with Crippen molar-refractivity contribution in [2.24, 2.45) is 23.7 Å². The van der Waals surface area contributed by atoms with E-state index < -0.39 is 6.04 Å². The van der Waals surface area contributed by atoms with Gasteiger partial charge in [-0.3, -0.25) is 19.3 Å². The lowest BCUT2D eigenvalue weighted by Crippen LogP contribution is -2.41.